The van der Waals surface area contributed by atoms with Crippen LogP contribution >= 0.6 is 0 Å². The van der Waals surface area contributed by atoms with Crippen LogP contribution in [0.25, 0.3) is 0 Å². The Balaban J connectivity index is 2.20. The lowest BCUT2D eigenvalue weighted by Gasteiger charge is -2.27. The molecule has 1 heterocycles. The Bertz CT molecular complexity index is 463. The minimum Gasteiger partial charge on any atom is -0.367 e. The summed E-state index contributed by atoms with van der Waals surface area (Å²) in [6, 6.07) is 2.56. The quantitative estimate of drug-likeness (QED) is 0.858. The molecule has 0 aromatic heterocycles. The van der Waals surface area contributed by atoms with Crippen molar-refractivity contribution in [3.8, 4) is 0 Å². The first-order valence-electron chi connectivity index (χ1n) is 7.11. The van der Waals surface area contributed by atoms with Gasteiger partial charge in [0, 0.05) is 19.1 Å². The zero-order valence-corrected chi connectivity index (χ0v) is 11.9. The van der Waals surface area contributed by atoms with Crippen LogP contribution in [0.5, 0.6) is 0 Å². The molecule has 5 heteroatoms. The highest BCUT2D eigenvalue weighted by molar-refractivity contribution is 5.48. The van der Waals surface area contributed by atoms with Gasteiger partial charge in [-0.3, -0.25) is 0 Å². The van der Waals surface area contributed by atoms with E-state index in [9.17, 15) is 13.2 Å². The van der Waals surface area contributed by atoms with Gasteiger partial charge < -0.3 is 10.2 Å². The summed E-state index contributed by atoms with van der Waals surface area (Å²) in [6.07, 6.45) is 1.83. The zero-order chi connectivity index (χ0) is 14.7. The van der Waals surface area contributed by atoms with Gasteiger partial charge in [0.15, 0.2) is 17.5 Å². The van der Waals surface area contributed by atoms with Gasteiger partial charge in [-0.1, -0.05) is 13.8 Å². The molecule has 1 fully saturated rings. The molecule has 1 N–H and O–H groups in total. The van der Waals surface area contributed by atoms with Gasteiger partial charge in [0.05, 0.1) is 5.69 Å². The number of rotatable bonds is 3. The Morgan fingerprint density at radius 1 is 1.25 bits per heavy atom. The van der Waals surface area contributed by atoms with Crippen molar-refractivity contribution < 1.29 is 13.2 Å². The highest BCUT2D eigenvalue weighted by Gasteiger charge is 2.23. The summed E-state index contributed by atoms with van der Waals surface area (Å²) in [5.74, 6) is -3.09. The molecule has 1 saturated heterocycles. The zero-order valence-electron chi connectivity index (χ0n) is 11.9. The van der Waals surface area contributed by atoms with E-state index in [-0.39, 0.29) is 11.7 Å². The van der Waals surface area contributed by atoms with Crippen molar-refractivity contribution in [3.63, 3.8) is 0 Å². The second kappa shape index (κ2) is 6.48. The highest BCUT2D eigenvalue weighted by Crippen LogP contribution is 2.25. The summed E-state index contributed by atoms with van der Waals surface area (Å²) in [5, 5.41) is 3.43. The molecule has 1 aliphatic heterocycles. The molecular formula is C15H21F3N2. The topological polar surface area (TPSA) is 15.3 Å². The van der Waals surface area contributed by atoms with Crippen molar-refractivity contribution in [2.24, 2.45) is 5.92 Å². The normalized spacial score (nSPS) is 20.3. The molecule has 0 bridgehead atoms. The molecule has 20 heavy (non-hydrogen) atoms. The lowest BCUT2D eigenvalue weighted by molar-refractivity contribution is 0.430. The van der Waals surface area contributed by atoms with Crippen LogP contribution in [0, 0.1) is 23.4 Å². The van der Waals surface area contributed by atoms with Crippen molar-refractivity contribution in [2.45, 2.75) is 32.7 Å². The number of anilines is 1. The molecule has 1 unspecified atom stereocenters. The molecule has 2 rings (SSSR count). The molecule has 1 aromatic rings. The average Bonchev–Trinajstić information content (AvgIpc) is 2.61. The van der Waals surface area contributed by atoms with Gasteiger partial charge in [-0.2, -0.15) is 0 Å². The third kappa shape index (κ3) is 3.45. The van der Waals surface area contributed by atoms with E-state index in [1.807, 2.05) is 4.90 Å². The van der Waals surface area contributed by atoms with Crippen molar-refractivity contribution >= 4 is 5.69 Å². The third-order valence-corrected chi connectivity index (χ3v) is 3.59. The first-order chi connectivity index (χ1) is 9.49. The Kier molecular flexibility index (Phi) is 4.91. The minimum absolute atomic E-state index is 0.154. The van der Waals surface area contributed by atoms with E-state index in [1.165, 1.54) is 6.07 Å². The van der Waals surface area contributed by atoms with Crippen LogP contribution in [0.4, 0.5) is 18.9 Å². The largest absolute Gasteiger partial charge is 0.367 e. The SMILES string of the molecule is CC(C)CC1CN(c2ccc(F)c(F)c2F)CCCN1. The van der Waals surface area contributed by atoms with Crippen molar-refractivity contribution in [1.29, 1.82) is 0 Å². The first kappa shape index (κ1) is 15.2. The van der Waals surface area contributed by atoms with E-state index in [1.54, 1.807) is 0 Å². The van der Waals surface area contributed by atoms with Crippen LogP contribution < -0.4 is 10.2 Å². The summed E-state index contributed by atoms with van der Waals surface area (Å²) < 4.78 is 40.3. The number of nitrogens with one attached hydrogen (secondary N) is 1. The maximum absolute atomic E-state index is 13.9. The fourth-order valence-corrected chi connectivity index (χ4v) is 2.70. The lowest BCUT2D eigenvalue weighted by Crippen LogP contribution is -2.39. The van der Waals surface area contributed by atoms with Crippen LogP contribution in [0.1, 0.15) is 26.7 Å². The molecule has 2 nitrogen and oxygen atoms in total. The molecule has 112 valence electrons. The van der Waals surface area contributed by atoms with E-state index in [2.05, 4.69) is 19.2 Å². The van der Waals surface area contributed by atoms with E-state index in [0.717, 1.165) is 25.5 Å². The van der Waals surface area contributed by atoms with Crippen LogP contribution in [0.3, 0.4) is 0 Å². The van der Waals surface area contributed by atoms with Gasteiger partial charge >= 0.3 is 0 Å². The smallest absolute Gasteiger partial charge is 0.196 e. The summed E-state index contributed by atoms with van der Waals surface area (Å²) >= 11 is 0. The highest BCUT2D eigenvalue weighted by atomic mass is 19.2. The Morgan fingerprint density at radius 3 is 2.70 bits per heavy atom. The minimum atomic E-state index is -1.39. The van der Waals surface area contributed by atoms with Crippen LogP contribution in [0.2, 0.25) is 0 Å². The molecule has 0 saturated carbocycles. The van der Waals surface area contributed by atoms with E-state index in [4.69, 9.17) is 0 Å². The fraction of sp³-hybridized carbons (Fsp3) is 0.600. The molecule has 0 spiro atoms. The maximum atomic E-state index is 13.9. The number of benzene rings is 1. The fourth-order valence-electron chi connectivity index (χ4n) is 2.70. The second-order valence-corrected chi connectivity index (χ2v) is 5.77. The van der Waals surface area contributed by atoms with E-state index < -0.39 is 17.5 Å². The average molecular weight is 286 g/mol. The molecule has 1 aromatic carbocycles. The number of hydrogen-bond acceptors (Lipinski definition) is 2. The number of hydrogen-bond donors (Lipinski definition) is 1. The van der Waals surface area contributed by atoms with Gasteiger partial charge in [0.1, 0.15) is 0 Å². The number of nitrogens with zero attached hydrogens (tertiary/aromatic N) is 1. The Morgan fingerprint density at radius 2 is 2.00 bits per heavy atom. The van der Waals surface area contributed by atoms with Gasteiger partial charge in [0.2, 0.25) is 0 Å². The Hall–Kier alpha value is -1.23. The molecule has 0 radical (unpaired) electrons. The molecule has 1 aliphatic rings. The monoisotopic (exact) mass is 286 g/mol. The molecule has 0 amide bonds. The van der Waals surface area contributed by atoms with Crippen molar-refractivity contribution in [3.05, 3.63) is 29.6 Å². The molecular weight excluding hydrogens is 265 g/mol. The predicted molar refractivity (Wildman–Crippen MR) is 74.4 cm³/mol. The summed E-state index contributed by atoms with van der Waals surface area (Å²) in [6.45, 7) is 6.38. The molecule has 1 atom stereocenters. The maximum Gasteiger partial charge on any atom is 0.196 e. The Labute approximate surface area is 118 Å². The summed E-state index contributed by atoms with van der Waals surface area (Å²) in [5.41, 5.74) is 0.154. The van der Waals surface area contributed by atoms with Gasteiger partial charge in [0.25, 0.3) is 0 Å². The first-order valence-corrected chi connectivity index (χ1v) is 7.11. The van der Waals surface area contributed by atoms with Gasteiger partial charge in [-0.25, -0.2) is 13.2 Å². The van der Waals surface area contributed by atoms with E-state index in [0.29, 0.717) is 19.0 Å². The van der Waals surface area contributed by atoms with Crippen LogP contribution in [0.15, 0.2) is 12.1 Å². The third-order valence-electron chi connectivity index (χ3n) is 3.59. The second-order valence-electron chi connectivity index (χ2n) is 5.77. The van der Waals surface area contributed by atoms with Crippen LogP contribution in [-0.2, 0) is 0 Å². The summed E-state index contributed by atoms with van der Waals surface area (Å²) in [7, 11) is 0. The number of halogens is 3. The molecule has 0 aliphatic carbocycles. The van der Waals surface area contributed by atoms with Crippen molar-refractivity contribution in [2.75, 3.05) is 24.5 Å². The predicted octanol–water partition coefficient (Wildman–Crippen LogP) is 3.32. The van der Waals surface area contributed by atoms with E-state index >= 15 is 0 Å². The van der Waals surface area contributed by atoms with Gasteiger partial charge in [-0.05, 0) is 37.4 Å². The standard InChI is InChI=1S/C15H21F3N2/c1-10(2)8-11-9-20(7-3-6-19-11)13-5-4-12(16)14(17)15(13)18/h4-5,10-11,19H,3,6-9H2,1-2H3. The summed E-state index contributed by atoms with van der Waals surface area (Å²) in [4.78, 5) is 1.81. The van der Waals surface area contributed by atoms with Crippen molar-refractivity contribution in [1.82, 2.24) is 5.32 Å². The van der Waals surface area contributed by atoms with Gasteiger partial charge in [-0.15, -0.1) is 0 Å². The van der Waals surface area contributed by atoms with Crippen LogP contribution in [-0.4, -0.2) is 25.7 Å². The lowest BCUT2D eigenvalue weighted by atomic mass is 10.0.